The Morgan fingerprint density at radius 2 is 1.44 bits per heavy atom. The molecule has 1 saturated heterocycles. The Labute approximate surface area is 240 Å². The van der Waals surface area contributed by atoms with Crippen LogP contribution in [0.1, 0.15) is 36.0 Å². The largest absolute Gasteiger partial charge is 0.496 e. The van der Waals surface area contributed by atoms with Crippen LogP contribution in [-0.4, -0.2) is 47.2 Å². The van der Waals surface area contributed by atoms with Crippen LogP contribution in [0.3, 0.4) is 0 Å². The van der Waals surface area contributed by atoms with Gasteiger partial charge in [-0.2, -0.15) is 4.31 Å². The van der Waals surface area contributed by atoms with Crippen LogP contribution in [-0.2, 0) is 20.0 Å². The highest BCUT2D eigenvalue weighted by Gasteiger charge is 2.27. The van der Waals surface area contributed by atoms with E-state index in [1.807, 2.05) is 30.3 Å². The van der Waals surface area contributed by atoms with E-state index in [0.29, 0.717) is 24.5 Å². The summed E-state index contributed by atoms with van der Waals surface area (Å²) in [4.78, 5) is 13.3. The van der Waals surface area contributed by atoms with Gasteiger partial charge in [0.25, 0.3) is 15.9 Å². The fourth-order valence-electron chi connectivity index (χ4n) is 4.89. The molecule has 4 aromatic carbocycles. The summed E-state index contributed by atoms with van der Waals surface area (Å²) in [7, 11) is -6.28. The first kappa shape index (κ1) is 28.6. The van der Waals surface area contributed by atoms with E-state index < -0.39 is 26.0 Å². The maximum absolute atomic E-state index is 13.3. The van der Waals surface area contributed by atoms with Gasteiger partial charge in [-0.3, -0.25) is 9.52 Å². The summed E-state index contributed by atoms with van der Waals surface area (Å²) in [5.74, 6) is -0.366. The molecule has 1 aliphatic rings. The van der Waals surface area contributed by atoms with Crippen molar-refractivity contribution in [1.82, 2.24) is 4.31 Å². The van der Waals surface area contributed by atoms with E-state index in [2.05, 4.69) is 10.0 Å². The number of carbonyl (C=O) groups is 1. The van der Waals surface area contributed by atoms with Crippen molar-refractivity contribution in [2.45, 2.75) is 35.5 Å². The number of fused-ring (bicyclic) bond motifs is 1. The number of rotatable bonds is 8. The van der Waals surface area contributed by atoms with Crippen molar-refractivity contribution in [1.29, 1.82) is 0 Å². The van der Waals surface area contributed by atoms with Gasteiger partial charge in [0, 0.05) is 24.2 Å². The average Bonchev–Trinajstić information content (AvgIpc) is 3.28. The average molecular weight is 594 g/mol. The summed E-state index contributed by atoms with van der Waals surface area (Å²) in [6.07, 6.45) is 3.57. The molecule has 0 unspecified atom stereocenters. The Morgan fingerprint density at radius 1 is 0.780 bits per heavy atom. The first-order chi connectivity index (χ1) is 19.7. The number of nitrogens with zero attached hydrogens (tertiary/aromatic N) is 1. The normalized spacial score (nSPS) is 14.8. The van der Waals surface area contributed by atoms with Gasteiger partial charge in [0.1, 0.15) is 5.75 Å². The lowest BCUT2D eigenvalue weighted by atomic mass is 10.1. The number of methoxy groups -OCH3 is 1. The van der Waals surface area contributed by atoms with Crippen molar-refractivity contribution in [2.75, 3.05) is 30.2 Å². The van der Waals surface area contributed by atoms with Gasteiger partial charge in [-0.05, 0) is 66.8 Å². The molecule has 0 atom stereocenters. The molecule has 0 saturated carbocycles. The van der Waals surface area contributed by atoms with Gasteiger partial charge >= 0.3 is 0 Å². The van der Waals surface area contributed by atoms with E-state index in [0.717, 1.165) is 36.5 Å². The van der Waals surface area contributed by atoms with Crippen LogP contribution in [0, 0.1) is 0 Å². The lowest BCUT2D eigenvalue weighted by molar-refractivity contribution is 0.102. The van der Waals surface area contributed by atoms with Gasteiger partial charge < -0.3 is 10.1 Å². The van der Waals surface area contributed by atoms with Gasteiger partial charge in [-0.1, -0.05) is 49.2 Å². The highest BCUT2D eigenvalue weighted by Crippen LogP contribution is 2.28. The minimum absolute atomic E-state index is 0.0197. The zero-order chi connectivity index (χ0) is 29.0. The molecule has 1 aliphatic heterocycles. The molecule has 0 bridgehead atoms. The summed E-state index contributed by atoms with van der Waals surface area (Å²) in [5, 5.41) is 4.39. The third kappa shape index (κ3) is 6.22. The van der Waals surface area contributed by atoms with Gasteiger partial charge in [0.05, 0.1) is 28.2 Å². The molecule has 0 spiro atoms. The lowest BCUT2D eigenvalue weighted by Gasteiger charge is -2.20. The number of benzene rings is 4. The first-order valence-electron chi connectivity index (χ1n) is 13.3. The van der Waals surface area contributed by atoms with Gasteiger partial charge in [-0.25, -0.2) is 16.8 Å². The third-order valence-corrected chi connectivity index (χ3v) is 10.4. The van der Waals surface area contributed by atoms with E-state index in [1.54, 1.807) is 12.1 Å². The Morgan fingerprint density at radius 3 is 2.15 bits per heavy atom. The lowest BCUT2D eigenvalue weighted by Crippen LogP contribution is -2.32. The van der Waals surface area contributed by atoms with Gasteiger partial charge in [0.15, 0.2) is 0 Å². The summed E-state index contributed by atoms with van der Waals surface area (Å²) < 4.78 is 62.2. The van der Waals surface area contributed by atoms with Crippen LogP contribution >= 0.6 is 0 Å². The third-order valence-electron chi connectivity index (χ3n) is 7.07. The van der Waals surface area contributed by atoms with E-state index in [1.165, 1.54) is 53.9 Å². The zero-order valence-corrected chi connectivity index (χ0v) is 24.2. The Kier molecular flexibility index (Phi) is 8.30. The number of hydrogen-bond donors (Lipinski definition) is 2. The number of ether oxygens (including phenoxy) is 1. The number of carbonyl (C=O) groups excluding carboxylic acids is 1. The molecule has 1 heterocycles. The zero-order valence-electron chi connectivity index (χ0n) is 22.5. The molecule has 4 aromatic rings. The molecule has 2 N–H and O–H groups in total. The topological polar surface area (TPSA) is 122 Å². The predicted molar refractivity (Wildman–Crippen MR) is 159 cm³/mol. The van der Waals surface area contributed by atoms with Crippen LogP contribution in [0.4, 0.5) is 11.4 Å². The van der Waals surface area contributed by atoms with E-state index in [9.17, 15) is 21.6 Å². The number of hydrogen-bond acceptors (Lipinski definition) is 6. The fraction of sp³-hybridized carbons (Fsp3) is 0.233. The molecule has 9 nitrogen and oxygen atoms in total. The highest BCUT2D eigenvalue weighted by molar-refractivity contribution is 7.92. The molecule has 1 amide bonds. The van der Waals surface area contributed by atoms with Crippen molar-refractivity contribution in [2.24, 2.45) is 0 Å². The molecule has 214 valence electrons. The van der Waals surface area contributed by atoms with Crippen molar-refractivity contribution in [3.8, 4) is 5.75 Å². The van der Waals surface area contributed by atoms with Crippen molar-refractivity contribution in [3.05, 3.63) is 90.5 Å². The Bertz CT molecular complexity index is 1780. The second-order valence-electron chi connectivity index (χ2n) is 9.79. The van der Waals surface area contributed by atoms with E-state index in [-0.39, 0.29) is 21.1 Å². The molecular weight excluding hydrogens is 562 g/mol. The minimum atomic E-state index is -3.90. The second-order valence-corrected chi connectivity index (χ2v) is 13.4. The highest BCUT2D eigenvalue weighted by atomic mass is 32.2. The summed E-state index contributed by atoms with van der Waals surface area (Å²) >= 11 is 0. The first-order valence-corrected chi connectivity index (χ1v) is 16.2. The molecule has 41 heavy (non-hydrogen) atoms. The maximum atomic E-state index is 13.3. The van der Waals surface area contributed by atoms with Crippen LogP contribution in [0.2, 0.25) is 0 Å². The molecule has 0 aromatic heterocycles. The van der Waals surface area contributed by atoms with Crippen molar-refractivity contribution >= 4 is 48.1 Å². The molecule has 0 radical (unpaired) electrons. The van der Waals surface area contributed by atoms with Gasteiger partial charge in [0.2, 0.25) is 10.0 Å². The van der Waals surface area contributed by atoms with E-state index >= 15 is 0 Å². The molecular formula is C30H31N3O6S2. The van der Waals surface area contributed by atoms with Crippen LogP contribution in [0.5, 0.6) is 5.75 Å². The number of nitrogens with one attached hydrogen (secondary N) is 2. The van der Waals surface area contributed by atoms with E-state index in [4.69, 9.17) is 4.74 Å². The number of sulfonamides is 2. The monoisotopic (exact) mass is 593 g/mol. The summed E-state index contributed by atoms with van der Waals surface area (Å²) in [5.41, 5.74) is 0.849. The summed E-state index contributed by atoms with van der Waals surface area (Å²) in [6, 6.07) is 22.8. The van der Waals surface area contributed by atoms with Crippen LogP contribution in [0.25, 0.3) is 10.8 Å². The fourth-order valence-corrected chi connectivity index (χ4v) is 7.51. The number of amides is 1. The van der Waals surface area contributed by atoms with Crippen LogP contribution < -0.4 is 14.8 Å². The maximum Gasteiger partial charge on any atom is 0.261 e. The van der Waals surface area contributed by atoms with Crippen LogP contribution in [0.15, 0.2) is 94.7 Å². The van der Waals surface area contributed by atoms with Gasteiger partial charge in [-0.15, -0.1) is 0 Å². The second kappa shape index (κ2) is 11.9. The molecule has 11 heteroatoms. The Balaban J connectivity index is 1.34. The smallest absolute Gasteiger partial charge is 0.261 e. The molecule has 0 aliphatic carbocycles. The summed E-state index contributed by atoms with van der Waals surface area (Å²) in [6.45, 7) is 0.890. The molecule has 1 fully saturated rings. The minimum Gasteiger partial charge on any atom is -0.496 e. The van der Waals surface area contributed by atoms with Crippen molar-refractivity contribution < 1.29 is 26.4 Å². The molecule has 5 rings (SSSR count). The van der Waals surface area contributed by atoms with Crippen molar-refractivity contribution in [3.63, 3.8) is 0 Å². The predicted octanol–water partition coefficient (Wildman–Crippen LogP) is 5.47. The SMILES string of the molecule is COc1ccc(S(=O)(=O)N2CCCCCC2)cc1C(=O)Nc1ccc(S(=O)(=O)Nc2cccc3ccccc23)cc1. The standard InChI is InChI=1S/C30H31N3O6S2/c1-39-29-18-17-25(41(37,38)33-19-6-2-3-7-20-33)21-27(29)30(34)31-23-13-15-24(16-14-23)40(35,36)32-28-12-8-10-22-9-4-5-11-26(22)28/h4-5,8-18,21,32H,2-3,6-7,19-20H2,1H3,(H,31,34). The number of anilines is 2. The quantitative estimate of drug-likeness (QED) is 0.280. The Hall–Kier alpha value is -3.93.